The largest absolute Gasteiger partial charge is 0.256 e. The molecule has 0 saturated carbocycles. The fraction of sp³-hybridized carbons (Fsp3) is 0.353. The number of aromatic nitrogens is 1. The van der Waals surface area contributed by atoms with E-state index >= 15 is 0 Å². The average Bonchev–Trinajstić information content (AvgIpc) is 2.39. The molecule has 0 aliphatic rings. The Hall–Kier alpha value is -1.63. The zero-order valence-electron chi connectivity index (χ0n) is 11.6. The minimum atomic E-state index is 0.537. The molecule has 1 heterocycles. The van der Waals surface area contributed by atoms with Crippen LogP contribution in [0.2, 0.25) is 0 Å². The molecule has 1 aromatic carbocycles. The summed E-state index contributed by atoms with van der Waals surface area (Å²) in [6.07, 6.45) is 1.98. The number of hydrogen-bond donors (Lipinski definition) is 0. The summed E-state index contributed by atoms with van der Waals surface area (Å²) in [4.78, 5) is 4.54. The molecule has 0 amide bonds. The predicted octanol–water partition coefficient (Wildman–Crippen LogP) is 5.00. The van der Waals surface area contributed by atoms with Crippen molar-refractivity contribution in [3.63, 3.8) is 0 Å². The van der Waals surface area contributed by atoms with E-state index < -0.39 is 0 Å². The molecular formula is C17H21N. The molecule has 0 radical (unpaired) electrons. The first-order valence-electron chi connectivity index (χ1n) is 6.64. The molecule has 0 atom stereocenters. The van der Waals surface area contributed by atoms with Gasteiger partial charge in [-0.1, -0.05) is 58.0 Å². The van der Waals surface area contributed by atoms with E-state index in [0.29, 0.717) is 11.8 Å². The van der Waals surface area contributed by atoms with Crippen LogP contribution < -0.4 is 0 Å². The first-order chi connectivity index (χ1) is 8.58. The Labute approximate surface area is 110 Å². The SMILES string of the molecule is CC(C)c1ccc(-c2ccc(C(C)C)cn2)cc1. The van der Waals surface area contributed by atoms with Crippen molar-refractivity contribution in [1.82, 2.24) is 4.98 Å². The van der Waals surface area contributed by atoms with Gasteiger partial charge in [-0.05, 0) is 29.0 Å². The molecule has 1 nitrogen and oxygen atoms in total. The molecule has 2 aromatic rings. The standard InChI is InChI=1S/C17H21N/c1-12(2)14-5-7-15(8-6-14)17-10-9-16(11-18-17)13(3)4/h5-13H,1-4H3. The van der Waals surface area contributed by atoms with E-state index in [-0.39, 0.29) is 0 Å². The quantitative estimate of drug-likeness (QED) is 0.735. The molecule has 0 spiro atoms. The Kier molecular flexibility index (Phi) is 3.81. The molecule has 0 fully saturated rings. The lowest BCUT2D eigenvalue weighted by atomic mass is 10.00. The van der Waals surface area contributed by atoms with Crippen LogP contribution in [0.15, 0.2) is 42.6 Å². The number of nitrogens with zero attached hydrogens (tertiary/aromatic N) is 1. The van der Waals surface area contributed by atoms with E-state index in [1.165, 1.54) is 16.7 Å². The topological polar surface area (TPSA) is 12.9 Å². The Bertz CT molecular complexity index is 443. The van der Waals surface area contributed by atoms with Crippen LogP contribution in [0.3, 0.4) is 0 Å². The summed E-state index contributed by atoms with van der Waals surface area (Å²) in [5.74, 6) is 1.12. The molecule has 1 aromatic heterocycles. The third-order valence-corrected chi connectivity index (χ3v) is 3.33. The Balaban J connectivity index is 2.25. The van der Waals surface area contributed by atoms with Crippen molar-refractivity contribution in [1.29, 1.82) is 0 Å². The maximum absolute atomic E-state index is 4.54. The van der Waals surface area contributed by atoms with Gasteiger partial charge in [-0.15, -0.1) is 0 Å². The van der Waals surface area contributed by atoms with Crippen molar-refractivity contribution in [2.75, 3.05) is 0 Å². The summed E-state index contributed by atoms with van der Waals surface area (Å²) in [5.41, 5.74) is 4.90. The number of pyridine rings is 1. The molecule has 1 heteroatoms. The van der Waals surface area contributed by atoms with E-state index in [9.17, 15) is 0 Å². The van der Waals surface area contributed by atoms with E-state index in [0.717, 1.165) is 5.69 Å². The van der Waals surface area contributed by atoms with Crippen molar-refractivity contribution in [2.24, 2.45) is 0 Å². The van der Waals surface area contributed by atoms with Crippen LogP contribution in [0.4, 0.5) is 0 Å². The summed E-state index contributed by atoms with van der Waals surface area (Å²) in [6, 6.07) is 13.0. The Morgan fingerprint density at radius 2 is 1.28 bits per heavy atom. The van der Waals surface area contributed by atoms with Crippen LogP contribution in [0.5, 0.6) is 0 Å². The van der Waals surface area contributed by atoms with Gasteiger partial charge in [0.15, 0.2) is 0 Å². The van der Waals surface area contributed by atoms with Crippen LogP contribution in [0, 0.1) is 0 Å². The number of benzene rings is 1. The van der Waals surface area contributed by atoms with Crippen molar-refractivity contribution in [3.8, 4) is 11.3 Å². The van der Waals surface area contributed by atoms with Crippen LogP contribution >= 0.6 is 0 Å². The molecule has 0 bridgehead atoms. The van der Waals surface area contributed by atoms with Gasteiger partial charge >= 0.3 is 0 Å². The second-order valence-electron chi connectivity index (χ2n) is 5.41. The fourth-order valence-electron chi connectivity index (χ4n) is 1.96. The van der Waals surface area contributed by atoms with E-state index in [2.05, 4.69) is 69.1 Å². The van der Waals surface area contributed by atoms with Gasteiger partial charge in [-0.2, -0.15) is 0 Å². The van der Waals surface area contributed by atoms with Crippen molar-refractivity contribution >= 4 is 0 Å². The highest BCUT2D eigenvalue weighted by molar-refractivity contribution is 5.59. The lowest BCUT2D eigenvalue weighted by Crippen LogP contribution is -1.91. The Morgan fingerprint density at radius 1 is 0.722 bits per heavy atom. The second kappa shape index (κ2) is 5.34. The fourth-order valence-corrected chi connectivity index (χ4v) is 1.96. The van der Waals surface area contributed by atoms with Crippen LogP contribution in [-0.4, -0.2) is 4.98 Å². The van der Waals surface area contributed by atoms with Crippen molar-refractivity contribution in [2.45, 2.75) is 39.5 Å². The van der Waals surface area contributed by atoms with Gasteiger partial charge in [0.1, 0.15) is 0 Å². The molecule has 0 aliphatic carbocycles. The van der Waals surface area contributed by atoms with Gasteiger partial charge in [0.05, 0.1) is 5.69 Å². The lowest BCUT2D eigenvalue weighted by molar-refractivity contribution is 0.858. The van der Waals surface area contributed by atoms with E-state index in [1.807, 2.05) is 6.20 Å². The van der Waals surface area contributed by atoms with Crippen molar-refractivity contribution in [3.05, 3.63) is 53.7 Å². The van der Waals surface area contributed by atoms with Crippen LogP contribution in [0.1, 0.15) is 50.7 Å². The van der Waals surface area contributed by atoms with Gasteiger partial charge < -0.3 is 0 Å². The minimum absolute atomic E-state index is 0.537. The van der Waals surface area contributed by atoms with Gasteiger partial charge in [0, 0.05) is 11.8 Å². The molecule has 0 saturated heterocycles. The molecule has 94 valence electrons. The van der Waals surface area contributed by atoms with Gasteiger partial charge in [0.25, 0.3) is 0 Å². The van der Waals surface area contributed by atoms with Gasteiger partial charge in [-0.3, -0.25) is 4.98 Å². The average molecular weight is 239 g/mol. The van der Waals surface area contributed by atoms with Crippen LogP contribution in [0.25, 0.3) is 11.3 Å². The maximum atomic E-state index is 4.54. The third kappa shape index (κ3) is 2.79. The molecule has 0 unspecified atom stereocenters. The zero-order valence-corrected chi connectivity index (χ0v) is 11.6. The van der Waals surface area contributed by atoms with Gasteiger partial charge in [0.2, 0.25) is 0 Å². The van der Waals surface area contributed by atoms with Crippen LogP contribution in [-0.2, 0) is 0 Å². The summed E-state index contributed by atoms with van der Waals surface area (Å²) in [7, 11) is 0. The molecule has 0 N–H and O–H groups in total. The van der Waals surface area contributed by atoms with E-state index in [1.54, 1.807) is 0 Å². The first-order valence-corrected chi connectivity index (χ1v) is 6.64. The highest BCUT2D eigenvalue weighted by atomic mass is 14.7. The molecule has 0 aliphatic heterocycles. The summed E-state index contributed by atoms with van der Waals surface area (Å²) in [5, 5.41) is 0. The van der Waals surface area contributed by atoms with Crippen molar-refractivity contribution < 1.29 is 0 Å². The first kappa shape index (κ1) is 12.8. The summed E-state index contributed by atoms with van der Waals surface area (Å²) in [6.45, 7) is 8.80. The monoisotopic (exact) mass is 239 g/mol. The number of rotatable bonds is 3. The highest BCUT2D eigenvalue weighted by Crippen LogP contribution is 2.22. The zero-order chi connectivity index (χ0) is 13.1. The smallest absolute Gasteiger partial charge is 0.0702 e. The lowest BCUT2D eigenvalue weighted by Gasteiger charge is -2.08. The summed E-state index contributed by atoms with van der Waals surface area (Å²) < 4.78 is 0. The second-order valence-corrected chi connectivity index (χ2v) is 5.41. The highest BCUT2D eigenvalue weighted by Gasteiger charge is 2.03. The minimum Gasteiger partial charge on any atom is -0.256 e. The molecule has 18 heavy (non-hydrogen) atoms. The third-order valence-electron chi connectivity index (χ3n) is 3.33. The Morgan fingerprint density at radius 3 is 1.72 bits per heavy atom. The normalized spacial score (nSPS) is 11.2. The summed E-state index contributed by atoms with van der Waals surface area (Å²) >= 11 is 0. The molecule has 2 rings (SSSR count). The maximum Gasteiger partial charge on any atom is 0.0702 e. The molecular weight excluding hydrogens is 218 g/mol. The van der Waals surface area contributed by atoms with E-state index in [4.69, 9.17) is 0 Å². The van der Waals surface area contributed by atoms with Gasteiger partial charge in [-0.25, -0.2) is 0 Å². The number of hydrogen-bond acceptors (Lipinski definition) is 1. The predicted molar refractivity (Wildman–Crippen MR) is 77.9 cm³/mol.